The fourth-order valence-electron chi connectivity index (χ4n) is 2.87. The van der Waals surface area contributed by atoms with Gasteiger partial charge in [0.15, 0.2) is 0 Å². The van der Waals surface area contributed by atoms with E-state index >= 15 is 0 Å². The van der Waals surface area contributed by atoms with Crippen molar-refractivity contribution in [3.63, 3.8) is 0 Å². The standard InChI is InChI=1S/C18H14BrCl2N3/c19-12-4-7-16-15(9-12)17(23-18(21)22-16)24(14-5-6-14)10-11-2-1-3-13(20)8-11/h1-4,7-9,14H,5-6,10H2. The smallest absolute Gasteiger partial charge is 0.224 e. The number of rotatable bonds is 4. The van der Waals surface area contributed by atoms with Gasteiger partial charge in [0.1, 0.15) is 5.82 Å². The van der Waals surface area contributed by atoms with Crippen molar-refractivity contribution in [1.82, 2.24) is 9.97 Å². The van der Waals surface area contributed by atoms with Gasteiger partial charge < -0.3 is 4.90 Å². The van der Waals surface area contributed by atoms with Crippen LogP contribution in [0.2, 0.25) is 10.3 Å². The predicted molar refractivity (Wildman–Crippen MR) is 103 cm³/mol. The SMILES string of the molecule is Clc1cccc(CN(c2nc(Cl)nc3ccc(Br)cc23)C2CC2)c1. The maximum atomic E-state index is 6.18. The number of halogens is 3. The van der Waals surface area contributed by atoms with E-state index in [1.807, 2.05) is 36.4 Å². The van der Waals surface area contributed by atoms with E-state index in [1.165, 1.54) is 0 Å². The molecule has 0 spiro atoms. The summed E-state index contributed by atoms with van der Waals surface area (Å²) in [4.78, 5) is 11.2. The molecular weight excluding hydrogens is 409 g/mol. The van der Waals surface area contributed by atoms with E-state index in [0.717, 1.165) is 51.2 Å². The van der Waals surface area contributed by atoms with Crippen molar-refractivity contribution in [1.29, 1.82) is 0 Å². The Labute approximate surface area is 158 Å². The van der Waals surface area contributed by atoms with Crippen molar-refractivity contribution in [2.24, 2.45) is 0 Å². The fraction of sp³-hybridized carbons (Fsp3) is 0.222. The molecule has 122 valence electrons. The van der Waals surface area contributed by atoms with Crippen LogP contribution in [-0.2, 0) is 6.54 Å². The van der Waals surface area contributed by atoms with Crippen LogP contribution in [0.1, 0.15) is 18.4 Å². The van der Waals surface area contributed by atoms with Crippen LogP contribution in [0.25, 0.3) is 10.9 Å². The maximum Gasteiger partial charge on any atom is 0.224 e. The van der Waals surface area contributed by atoms with Crippen LogP contribution in [0.5, 0.6) is 0 Å². The van der Waals surface area contributed by atoms with E-state index in [0.29, 0.717) is 6.04 Å². The van der Waals surface area contributed by atoms with Gasteiger partial charge in [-0.3, -0.25) is 0 Å². The Hall–Kier alpha value is -1.36. The summed E-state index contributed by atoms with van der Waals surface area (Å²) >= 11 is 15.9. The van der Waals surface area contributed by atoms with Gasteiger partial charge >= 0.3 is 0 Å². The molecule has 1 fully saturated rings. The molecule has 4 rings (SSSR count). The highest BCUT2D eigenvalue weighted by atomic mass is 79.9. The third kappa shape index (κ3) is 3.37. The molecule has 0 N–H and O–H groups in total. The van der Waals surface area contributed by atoms with Crippen LogP contribution >= 0.6 is 39.1 Å². The molecule has 0 amide bonds. The Kier molecular flexibility index (Phi) is 4.37. The summed E-state index contributed by atoms with van der Waals surface area (Å²) in [5.74, 6) is 0.883. The van der Waals surface area contributed by atoms with Gasteiger partial charge in [-0.1, -0.05) is 39.7 Å². The van der Waals surface area contributed by atoms with E-state index in [9.17, 15) is 0 Å². The van der Waals surface area contributed by atoms with Crippen molar-refractivity contribution in [3.05, 3.63) is 62.8 Å². The van der Waals surface area contributed by atoms with Gasteiger partial charge in [-0.15, -0.1) is 0 Å². The van der Waals surface area contributed by atoms with Crippen molar-refractivity contribution in [3.8, 4) is 0 Å². The lowest BCUT2D eigenvalue weighted by Gasteiger charge is -2.25. The first-order valence-corrected chi connectivity index (χ1v) is 9.29. The predicted octanol–water partition coefficient (Wildman–Crippen LogP) is 5.87. The summed E-state index contributed by atoms with van der Waals surface area (Å²) in [5, 5.41) is 2.02. The van der Waals surface area contributed by atoms with E-state index in [1.54, 1.807) is 0 Å². The summed E-state index contributed by atoms with van der Waals surface area (Å²) in [6.07, 6.45) is 2.33. The summed E-state index contributed by atoms with van der Waals surface area (Å²) in [6.45, 7) is 0.750. The van der Waals surface area contributed by atoms with Gasteiger partial charge in [-0.25, -0.2) is 4.98 Å². The molecule has 24 heavy (non-hydrogen) atoms. The molecule has 3 aromatic rings. The molecule has 0 saturated heterocycles. The van der Waals surface area contributed by atoms with Crippen LogP contribution in [0.4, 0.5) is 5.82 Å². The van der Waals surface area contributed by atoms with Gasteiger partial charge in [0.25, 0.3) is 0 Å². The molecule has 1 aromatic heterocycles. The Balaban J connectivity index is 1.81. The minimum atomic E-state index is 0.275. The summed E-state index contributed by atoms with van der Waals surface area (Å²) in [6, 6.07) is 14.4. The molecule has 1 heterocycles. The van der Waals surface area contributed by atoms with Crippen molar-refractivity contribution >= 4 is 55.9 Å². The molecular formula is C18H14BrCl2N3. The van der Waals surface area contributed by atoms with Crippen molar-refractivity contribution in [2.75, 3.05) is 4.90 Å². The summed E-state index contributed by atoms with van der Waals surface area (Å²) in [7, 11) is 0. The molecule has 0 unspecified atom stereocenters. The van der Waals surface area contributed by atoms with E-state index in [2.05, 4.69) is 36.9 Å². The Bertz CT molecular complexity index is 912. The van der Waals surface area contributed by atoms with Crippen molar-refractivity contribution < 1.29 is 0 Å². The highest BCUT2D eigenvalue weighted by Crippen LogP contribution is 2.37. The van der Waals surface area contributed by atoms with Crippen LogP contribution in [0.15, 0.2) is 46.9 Å². The summed E-state index contributed by atoms with van der Waals surface area (Å²) < 4.78 is 1.00. The molecule has 0 bridgehead atoms. The third-order valence-corrected chi connectivity index (χ3v) is 5.01. The van der Waals surface area contributed by atoms with Crippen LogP contribution in [0.3, 0.4) is 0 Å². The molecule has 0 radical (unpaired) electrons. The maximum absolute atomic E-state index is 6.18. The lowest BCUT2D eigenvalue weighted by Crippen LogP contribution is -2.26. The average molecular weight is 423 g/mol. The zero-order valence-electron chi connectivity index (χ0n) is 12.7. The largest absolute Gasteiger partial charge is 0.349 e. The first-order valence-electron chi connectivity index (χ1n) is 7.74. The van der Waals surface area contributed by atoms with Gasteiger partial charge in [0, 0.05) is 27.5 Å². The minimum absolute atomic E-state index is 0.275. The number of aromatic nitrogens is 2. The zero-order chi connectivity index (χ0) is 16.7. The Morgan fingerprint density at radius 2 is 1.92 bits per heavy atom. The van der Waals surface area contributed by atoms with Crippen LogP contribution in [0, 0.1) is 0 Å². The second kappa shape index (κ2) is 6.51. The van der Waals surface area contributed by atoms with Gasteiger partial charge in [0.05, 0.1) is 5.52 Å². The molecule has 3 nitrogen and oxygen atoms in total. The first kappa shape index (κ1) is 16.1. The number of hydrogen-bond acceptors (Lipinski definition) is 3. The van der Waals surface area contributed by atoms with Gasteiger partial charge in [-0.2, -0.15) is 4.98 Å². The van der Waals surface area contributed by atoms with E-state index < -0.39 is 0 Å². The molecule has 2 aromatic carbocycles. The summed E-state index contributed by atoms with van der Waals surface area (Å²) in [5.41, 5.74) is 2.01. The second-order valence-corrected chi connectivity index (χ2v) is 7.66. The van der Waals surface area contributed by atoms with Crippen molar-refractivity contribution in [2.45, 2.75) is 25.4 Å². The number of fused-ring (bicyclic) bond motifs is 1. The normalized spacial score (nSPS) is 14.1. The lowest BCUT2D eigenvalue weighted by molar-refractivity contribution is 0.781. The minimum Gasteiger partial charge on any atom is -0.349 e. The number of benzene rings is 2. The van der Waals surface area contributed by atoms with E-state index in [-0.39, 0.29) is 5.28 Å². The van der Waals surface area contributed by atoms with Gasteiger partial charge in [-0.05, 0) is 60.3 Å². The average Bonchev–Trinajstić information content (AvgIpc) is 3.37. The lowest BCUT2D eigenvalue weighted by atomic mass is 10.2. The highest BCUT2D eigenvalue weighted by Gasteiger charge is 2.31. The highest BCUT2D eigenvalue weighted by molar-refractivity contribution is 9.10. The molecule has 1 aliphatic rings. The van der Waals surface area contributed by atoms with Gasteiger partial charge in [0.2, 0.25) is 5.28 Å². The van der Waals surface area contributed by atoms with Crippen LogP contribution in [-0.4, -0.2) is 16.0 Å². The van der Waals surface area contributed by atoms with Crippen LogP contribution < -0.4 is 4.90 Å². The first-order chi connectivity index (χ1) is 11.6. The topological polar surface area (TPSA) is 29.0 Å². The number of hydrogen-bond donors (Lipinski definition) is 0. The number of anilines is 1. The fourth-order valence-corrected chi connectivity index (χ4v) is 3.62. The molecule has 1 saturated carbocycles. The Morgan fingerprint density at radius 3 is 2.67 bits per heavy atom. The quantitative estimate of drug-likeness (QED) is 0.492. The molecule has 1 aliphatic carbocycles. The molecule has 6 heteroatoms. The Morgan fingerprint density at radius 1 is 1.08 bits per heavy atom. The monoisotopic (exact) mass is 421 g/mol. The van der Waals surface area contributed by atoms with E-state index in [4.69, 9.17) is 23.2 Å². The molecule has 0 aliphatic heterocycles. The zero-order valence-corrected chi connectivity index (χ0v) is 15.8. The number of nitrogens with zero attached hydrogens (tertiary/aromatic N) is 3. The second-order valence-electron chi connectivity index (χ2n) is 5.97. The molecule has 0 atom stereocenters. The third-order valence-electron chi connectivity index (χ3n) is 4.11.